The third-order valence-electron chi connectivity index (χ3n) is 6.14. The molecule has 2 aromatic rings. The van der Waals surface area contributed by atoms with Crippen LogP contribution in [0.4, 0.5) is 4.39 Å². The monoisotopic (exact) mass is 369 g/mol. The number of fused-ring (bicyclic) bond motifs is 1. The fourth-order valence-electron chi connectivity index (χ4n) is 4.54. The molecule has 1 fully saturated rings. The number of hydrogen-bond donors (Lipinski definition) is 1. The molecule has 1 atom stereocenters. The van der Waals surface area contributed by atoms with Crippen LogP contribution in [0.15, 0.2) is 30.5 Å². The van der Waals surface area contributed by atoms with Crippen molar-refractivity contribution in [2.45, 2.75) is 76.3 Å². The van der Waals surface area contributed by atoms with Crippen molar-refractivity contribution in [1.82, 2.24) is 15.1 Å². The molecule has 1 N–H and O–H groups in total. The Labute approximate surface area is 160 Å². The first kappa shape index (κ1) is 18.2. The van der Waals surface area contributed by atoms with E-state index in [0.29, 0.717) is 0 Å². The van der Waals surface area contributed by atoms with E-state index in [1.54, 1.807) is 6.07 Å². The van der Waals surface area contributed by atoms with E-state index in [0.717, 1.165) is 49.7 Å². The fraction of sp³-hybridized carbons (Fsp3) is 0.545. The third-order valence-corrected chi connectivity index (χ3v) is 6.14. The minimum absolute atomic E-state index is 0.0108. The highest BCUT2D eigenvalue weighted by atomic mass is 19.1. The second-order valence-corrected chi connectivity index (χ2v) is 8.99. The van der Waals surface area contributed by atoms with Crippen LogP contribution in [0.5, 0.6) is 0 Å². The number of nitrogens with zero attached hydrogens (tertiary/aromatic N) is 2. The summed E-state index contributed by atoms with van der Waals surface area (Å²) >= 11 is 0. The lowest BCUT2D eigenvalue weighted by Crippen LogP contribution is -2.50. The number of carbonyl (C=O) groups is 1. The predicted molar refractivity (Wildman–Crippen MR) is 103 cm³/mol. The maximum absolute atomic E-state index is 13.7. The largest absolute Gasteiger partial charge is 0.348 e. The molecule has 1 aromatic carbocycles. The lowest BCUT2D eigenvalue weighted by molar-refractivity contribution is -0.130. The highest BCUT2D eigenvalue weighted by Crippen LogP contribution is 2.45. The summed E-state index contributed by atoms with van der Waals surface area (Å²) < 4.78 is 15.8. The van der Waals surface area contributed by atoms with E-state index in [2.05, 4.69) is 35.9 Å². The molecule has 4 nitrogen and oxygen atoms in total. The van der Waals surface area contributed by atoms with Crippen LogP contribution in [-0.2, 0) is 22.2 Å². The Balaban J connectivity index is 1.60. The van der Waals surface area contributed by atoms with Crippen molar-refractivity contribution in [3.05, 3.63) is 53.1 Å². The molecule has 0 spiro atoms. The first-order valence-electron chi connectivity index (χ1n) is 9.95. The highest BCUT2D eigenvalue weighted by molar-refractivity contribution is 5.89. The number of nitrogens with one attached hydrogen (secondary N) is 1. The van der Waals surface area contributed by atoms with Gasteiger partial charge in [0, 0.05) is 11.3 Å². The Kier molecular flexibility index (Phi) is 4.36. The van der Waals surface area contributed by atoms with E-state index >= 15 is 0 Å². The Morgan fingerprint density at radius 2 is 2.07 bits per heavy atom. The zero-order valence-electron chi connectivity index (χ0n) is 16.4. The van der Waals surface area contributed by atoms with E-state index < -0.39 is 5.41 Å². The summed E-state index contributed by atoms with van der Waals surface area (Å²) in [5.41, 5.74) is 2.51. The van der Waals surface area contributed by atoms with Gasteiger partial charge in [0.25, 0.3) is 0 Å². The van der Waals surface area contributed by atoms with Gasteiger partial charge in [0.15, 0.2) is 0 Å². The number of hydrogen-bond acceptors (Lipinski definition) is 2. The quantitative estimate of drug-likeness (QED) is 0.872. The first-order chi connectivity index (χ1) is 12.8. The van der Waals surface area contributed by atoms with Gasteiger partial charge in [0.2, 0.25) is 5.91 Å². The molecule has 27 heavy (non-hydrogen) atoms. The Morgan fingerprint density at radius 1 is 1.30 bits per heavy atom. The van der Waals surface area contributed by atoms with E-state index in [4.69, 9.17) is 0 Å². The first-order valence-corrected chi connectivity index (χ1v) is 9.95. The number of aromatic nitrogens is 2. The molecule has 0 radical (unpaired) electrons. The fourth-order valence-corrected chi connectivity index (χ4v) is 4.54. The molecule has 1 heterocycles. The Bertz CT molecular complexity index is 861. The second-order valence-electron chi connectivity index (χ2n) is 8.99. The minimum Gasteiger partial charge on any atom is -0.348 e. The number of halogens is 1. The van der Waals surface area contributed by atoms with Gasteiger partial charge in [-0.05, 0) is 70.6 Å². The molecule has 2 aliphatic carbocycles. The summed E-state index contributed by atoms with van der Waals surface area (Å²) in [6, 6.07) is 6.52. The van der Waals surface area contributed by atoms with E-state index in [9.17, 15) is 9.18 Å². The maximum Gasteiger partial charge on any atom is 0.231 e. The van der Waals surface area contributed by atoms with Gasteiger partial charge in [-0.2, -0.15) is 5.10 Å². The van der Waals surface area contributed by atoms with Gasteiger partial charge in [0.1, 0.15) is 5.82 Å². The van der Waals surface area contributed by atoms with Gasteiger partial charge in [-0.3, -0.25) is 9.48 Å². The topological polar surface area (TPSA) is 46.9 Å². The van der Waals surface area contributed by atoms with Crippen molar-refractivity contribution >= 4 is 5.91 Å². The molecule has 0 unspecified atom stereocenters. The SMILES string of the molecule is CC(C)(C)n1ncc2c1CCC[C@@H]2NC(=O)C1(c2cccc(F)c2)CCC1. The summed E-state index contributed by atoms with van der Waals surface area (Å²) in [6.45, 7) is 6.45. The Morgan fingerprint density at radius 3 is 2.70 bits per heavy atom. The average molecular weight is 369 g/mol. The van der Waals surface area contributed by atoms with Crippen LogP contribution in [0.1, 0.15) is 75.7 Å². The summed E-state index contributed by atoms with van der Waals surface area (Å²) in [6.07, 6.45) is 7.43. The van der Waals surface area contributed by atoms with Gasteiger partial charge in [0.05, 0.1) is 23.2 Å². The summed E-state index contributed by atoms with van der Waals surface area (Å²) in [7, 11) is 0. The summed E-state index contributed by atoms with van der Waals surface area (Å²) in [5.74, 6) is -0.251. The van der Waals surface area contributed by atoms with Gasteiger partial charge in [-0.15, -0.1) is 0 Å². The molecular weight excluding hydrogens is 341 g/mol. The van der Waals surface area contributed by atoms with Crippen molar-refractivity contribution in [3.8, 4) is 0 Å². The van der Waals surface area contributed by atoms with Crippen molar-refractivity contribution < 1.29 is 9.18 Å². The third kappa shape index (κ3) is 3.07. The number of benzene rings is 1. The molecule has 1 amide bonds. The molecule has 2 aliphatic rings. The van der Waals surface area contributed by atoms with Crippen LogP contribution < -0.4 is 5.32 Å². The maximum atomic E-state index is 13.7. The van der Waals surface area contributed by atoms with Gasteiger partial charge < -0.3 is 5.32 Å². The predicted octanol–water partition coefficient (Wildman–Crippen LogP) is 4.39. The average Bonchev–Trinajstić information content (AvgIpc) is 2.99. The van der Waals surface area contributed by atoms with Crippen LogP contribution in [0.2, 0.25) is 0 Å². The number of amides is 1. The molecule has 0 aliphatic heterocycles. The molecule has 0 saturated heterocycles. The molecule has 1 aromatic heterocycles. The van der Waals surface area contributed by atoms with Crippen LogP contribution in [-0.4, -0.2) is 15.7 Å². The zero-order valence-corrected chi connectivity index (χ0v) is 16.4. The van der Waals surface area contributed by atoms with Crippen molar-refractivity contribution in [2.75, 3.05) is 0 Å². The van der Waals surface area contributed by atoms with E-state index in [-0.39, 0.29) is 23.3 Å². The van der Waals surface area contributed by atoms with Crippen LogP contribution in [0, 0.1) is 5.82 Å². The highest BCUT2D eigenvalue weighted by Gasteiger charge is 2.46. The van der Waals surface area contributed by atoms with Crippen molar-refractivity contribution in [2.24, 2.45) is 0 Å². The lowest BCUT2D eigenvalue weighted by Gasteiger charge is -2.42. The molecule has 144 valence electrons. The van der Waals surface area contributed by atoms with Crippen LogP contribution >= 0.6 is 0 Å². The van der Waals surface area contributed by atoms with Gasteiger partial charge >= 0.3 is 0 Å². The zero-order chi connectivity index (χ0) is 19.2. The number of carbonyl (C=O) groups excluding carboxylic acids is 1. The van der Waals surface area contributed by atoms with Crippen LogP contribution in [0.25, 0.3) is 0 Å². The van der Waals surface area contributed by atoms with Crippen molar-refractivity contribution in [3.63, 3.8) is 0 Å². The van der Waals surface area contributed by atoms with Gasteiger partial charge in [-0.1, -0.05) is 18.6 Å². The van der Waals surface area contributed by atoms with E-state index in [1.165, 1.54) is 17.8 Å². The summed E-state index contributed by atoms with van der Waals surface area (Å²) in [5, 5.41) is 7.89. The minimum atomic E-state index is -0.584. The smallest absolute Gasteiger partial charge is 0.231 e. The standard InChI is InChI=1S/C22H28FN3O/c1-21(2,3)26-19-10-5-9-18(17(19)14-24-26)25-20(27)22(11-6-12-22)15-7-4-8-16(23)13-15/h4,7-8,13-14,18H,5-6,9-12H2,1-3H3,(H,25,27)/t18-/m0/s1. The molecular formula is C22H28FN3O. The van der Waals surface area contributed by atoms with Crippen molar-refractivity contribution in [1.29, 1.82) is 0 Å². The summed E-state index contributed by atoms with van der Waals surface area (Å²) in [4.78, 5) is 13.3. The second kappa shape index (κ2) is 6.47. The molecule has 5 heteroatoms. The molecule has 1 saturated carbocycles. The van der Waals surface area contributed by atoms with Gasteiger partial charge in [-0.25, -0.2) is 4.39 Å². The van der Waals surface area contributed by atoms with Crippen LogP contribution in [0.3, 0.4) is 0 Å². The lowest BCUT2D eigenvalue weighted by atomic mass is 9.63. The molecule has 4 rings (SSSR count). The molecule has 0 bridgehead atoms. The number of rotatable bonds is 3. The Hall–Kier alpha value is -2.17. The normalized spacial score (nSPS) is 21.3. The van der Waals surface area contributed by atoms with E-state index in [1.807, 2.05) is 12.3 Å².